The summed E-state index contributed by atoms with van der Waals surface area (Å²) in [5.74, 6) is -0.433. The van der Waals surface area contributed by atoms with E-state index in [1.54, 1.807) is 7.05 Å². The Hall–Kier alpha value is -0.900. The second kappa shape index (κ2) is 4.85. The average Bonchev–Trinajstić information content (AvgIpc) is 1.99. The standard InChI is InChI=1S/C7H13NO3/c1-5(9)6(8-2)4-7(10)11-3/h6,8H,4H2,1-3H3/t6-/m0/s1. The van der Waals surface area contributed by atoms with E-state index in [9.17, 15) is 9.59 Å². The van der Waals surface area contributed by atoms with Crippen molar-refractivity contribution in [3.05, 3.63) is 0 Å². The zero-order valence-corrected chi connectivity index (χ0v) is 7.01. The third kappa shape index (κ3) is 3.72. The Labute approximate surface area is 65.9 Å². The van der Waals surface area contributed by atoms with Crippen LogP contribution in [0, 0.1) is 0 Å². The topological polar surface area (TPSA) is 55.4 Å². The lowest BCUT2D eigenvalue weighted by molar-refractivity contribution is -0.142. The smallest absolute Gasteiger partial charge is 0.307 e. The van der Waals surface area contributed by atoms with Crippen molar-refractivity contribution in [3.63, 3.8) is 0 Å². The van der Waals surface area contributed by atoms with E-state index in [1.807, 2.05) is 0 Å². The van der Waals surface area contributed by atoms with Gasteiger partial charge < -0.3 is 10.1 Å². The monoisotopic (exact) mass is 159 g/mol. The summed E-state index contributed by atoms with van der Waals surface area (Å²) in [4.78, 5) is 21.4. The number of Topliss-reactive ketones (excluding diaryl/α,β-unsaturated/α-hetero) is 1. The fourth-order valence-electron chi connectivity index (χ4n) is 0.699. The molecule has 0 bridgehead atoms. The molecule has 4 nitrogen and oxygen atoms in total. The molecule has 0 fully saturated rings. The summed E-state index contributed by atoms with van der Waals surface area (Å²) >= 11 is 0. The van der Waals surface area contributed by atoms with Crippen molar-refractivity contribution in [1.82, 2.24) is 5.32 Å². The van der Waals surface area contributed by atoms with Crippen molar-refractivity contribution in [2.45, 2.75) is 19.4 Å². The number of carbonyl (C=O) groups excluding carboxylic acids is 2. The van der Waals surface area contributed by atoms with E-state index in [0.29, 0.717) is 0 Å². The highest BCUT2D eigenvalue weighted by atomic mass is 16.5. The Bertz CT molecular complexity index is 156. The summed E-state index contributed by atoms with van der Waals surface area (Å²) in [6, 6.07) is -0.414. The number of ketones is 1. The molecular weight excluding hydrogens is 146 g/mol. The number of likely N-dealkylation sites (N-methyl/N-ethyl adjacent to an activating group) is 1. The first-order valence-electron chi connectivity index (χ1n) is 3.36. The van der Waals surface area contributed by atoms with Gasteiger partial charge in [0, 0.05) is 0 Å². The molecule has 0 saturated carbocycles. The van der Waals surface area contributed by atoms with E-state index in [0.717, 1.165) is 0 Å². The van der Waals surface area contributed by atoms with Gasteiger partial charge in [0.15, 0.2) is 0 Å². The molecule has 0 aromatic heterocycles. The third-order valence-corrected chi connectivity index (χ3v) is 1.44. The zero-order chi connectivity index (χ0) is 8.85. The Balaban J connectivity index is 3.88. The predicted molar refractivity (Wildman–Crippen MR) is 40.2 cm³/mol. The molecule has 11 heavy (non-hydrogen) atoms. The van der Waals surface area contributed by atoms with Crippen molar-refractivity contribution >= 4 is 11.8 Å². The molecule has 0 aliphatic rings. The molecule has 0 spiro atoms. The van der Waals surface area contributed by atoms with E-state index < -0.39 is 6.04 Å². The number of methoxy groups -OCH3 is 1. The first kappa shape index (κ1) is 10.1. The van der Waals surface area contributed by atoms with Crippen LogP contribution in [0.4, 0.5) is 0 Å². The lowest BCUT2D eigenvalue weighted by Crippen LogP contribution is -2.34. The molecule has 0 amide bonds. The minimum atomic E-state index is -0.414. The molecule has 0 unspecified atom stereocenters. The number of esters is 1. The minimum absolute atomic E-state index is 0.0575. The maximum absolute atomic E-state index is 10.8. The van der Waals surface area contributed by atoms with Crippen LogP contribution in [0.25, 0.3) is 0 Å². The Morgan fingerprint density at radius 3 is 2.36 bits per heavy atom. The molecule has 0 aromatic rings. The van der Waals surface area contributed by atoms with Crippen LogP contribution < -0.4 is 5.32 Å². The van der Waals surface area contributed by atoms with E-state index in [4.69, 9.17) is 0 Å². The molecule has 1 N–H and O–H groups in total. The molecule has 1 atom stereocenters. The van der Waals surface area contributed by atoms with Gasteiger partial charge in [-0.25, -0.2) is 0 Å². The van der Waals surface area contributed by atoms with Crippen molar-refractivity contribution in [1.29, 1.82) is 0 Å². The van der Waals surface area contributed by atoms with E-state index in [2.05, 4.69) is 10.1 Å². The van der Waals surface area contributed by atoms with Crippen LogP contribution in [0.3, 0.4) is 0 Å². The highest BCUT2D eigenvalue weighted by Gasteiger charge is 2.15. The van der Waals surface area contributed by atoms with Gasteiger partial charge in [-0.05, 0) is 14.0 Å². The molecule has 64 valence electrons. The fourth-order valence-corrected chi connectivity index (χ4v) is 0.699. The summed E-state index contributed by atoms with van der Waals surface area (Å²) in [7, 11) is 2.93. The molecule has 4 heteroatoms. The highest BCUT2D eigenvalue weighted by molar-refractivity contribution is 5.86. The van der Waals surface area contributed by atoms with Crippen LogP contribution in [-0.4, -0.2) is 32.0 Å². The van der Waals surface area contributed by atoms with E-state index in [-0.39, 0.29) is 18.2 Å². The summed E-state index contributed by atoms with van der Waals surface area (Å²) < 4.78 is 4.40. The van der Waals surface area contributed by atoms with Crippen LogP contribution >= 0.6 is 0 Å². The molecule has 0 aromatic carbocycles. The quantitative estimate of drug-likeness (QED) is 0.573. The number of nitrogens with one attached hydrogen (secondary N) is 1. The van der Waals surface area contributed by atoms with Crippen molar-refractivity contribution in [3.8, 4) is 0 Å². The minimum Gasteiger partial charge on any atom is -0.469 e. The van der Waals surface area contributed by atoms with Gasteiger partial charge in [-0.15, -0.1) is 0 Å². The number of hydrogen-bond acceptors (Lipinski definition) is 4. The van der Waals surface area contributed by atoms with Gasteiger partial charge in [0.2, 0.25) is 0 Å². The van der Waals surface area contributed by atoms with Crippen LogP contribution in [0.5, 0.6) is 0 Å². The molecular formula is C7H13NO3. The molecule has 0 rings (SSSR count). The molecule has 0 aliphatic carbocycles. The molecule has 0 heterocycles. The van der Waals surface area contributed by atoms with Crippen LogP contribution in [-0.2, 0) is 14.3 Å². The lowest BCUT2D eigenvalue weighted by Gasteiger charge is -2.09. The number of hydrogen-bond donors (Lipinski definition) is 1. The number of ether oxygens (including phenoxy) is 1. The molecule has 0 saturated heterocycles. The van der Waals surface area contributed by atoms with Crippen molar-refractivity contribution in [2.24, 2.45) is 0 Å². The molecule has 0 aliphatic heterocycles. The van der Waals surface area contributed by atoms with Gasteiger partial charge in [-0.1, -0.05) is 0 Å². The molecule has 0 radical (unpaired) electrons. The van der Waals surface area contributed by atoms with E-state index in [1.165, 1.54) is 14.0 Å². The van der Waals surface area contributed by atoms with Gasteiger partial charge in [-0.2, -0.15) is 0 Å². The number of carbonyl (C=O) groups is 2. The van der Waals surface area contributed by atoms with Gasteiger partial charge >= 0.3 is 5.97 Å². The number of rotatable bonds is 4. The average molecular weight is 159 g/mol. The second-order valence-electron chi connectivity index (χ2n) is 2.23. The van der Waals surface area contributed by atoms with Crippen molar-refractivity contribution in [2.75, 3.05) is 14.2 Å². The summed E-state index contributed by atoms with van der Waals surface area (Å²) in [6.07, 6.45) is 0.0995. The second-order valence-corrected chi connectivity index (χ2v) is 2.23. The van der Waals surface area contributed by atoms with Gasteiger partial charge in [0.25, 0.3) is 0 Å². The van der Waals surface area contributed by atoms with Gasteiger partial charge in [0.1, 0.15) is 5.78 Å². The van der Waals surface area contributed by atoms with Crippen molar-refractivity contribution < 1.29 is 14.3 Å². The zero-order valence-electron chi connectivity index (χ0n) is 7.01. The maximum Gasteiger partial charge on any atom is 0.307 e. The van der Waals surface area contributed by atoms with Crippen LogP contribution in [0.1, 0.15) is 13.3 Å². The summed E-state index contributed by atoms with van der Waals surface area (Å²) in [5.41, 5.74) is 0. The largest absolute Gasteiger partial charge is 0.469 e. The summed E-state index contributed by atoms with van der Waals surface area (Å²) in [5, 5.41) is 2.72. The summed E-state index contributed by atoms with van der Waals surface area (Å²) in [6.45, 7) is 1.43. The Kier molecular flexibility index (Phi) is 4.45. The van der Waals surface area contributed by atoms with Gasteiger partial charge in [0.05, 0.1) is 19.6 Å². The Morgan fingerprint density at radius 2 is 2.09 bits per heavy atom. The van der Waals surface area contributed by atoms with Crippen LogP contribution in [0.15, 0.2) is 0 Å². The third-order valence-electron chi connectivity index (χ3n) is 1.44. The SMILES string of the molecule is CN[C@@H](CC(=O)OC)C(C)=O. The normalized spacial score (nSPS) is 12.3. The predicted octanol–water partition coefficient (Wildman–Crippen LogP) is -0.274. The Morgan fingerprint density at radius 1 is 1.55 bits per heavy atom. The lowest BCUT2D eigenvalue weighted by atomic mass is 10.1. The first-order valence-corrected chi connectivity index (χ1v) is 3.36. The fraction of sp³-hybridized carbons (Fsp3) is 0.714. The first-order chi connectivity index (χ1) is 5.11. The van der Waals surface area contributed by atoms with Crippen LogP contribution in [0.2, 0.25) is 0 Å². The van der Waals surface area contributed by atoms with E-state index >= 15 is 0 Å². The highest BCUT2D eigenvalue weighted by Crippen LogP contribution is 1.94. The van der Waals surface area contributed by atoms with Gasteiger partial charge in [-0.3, -0.25) is 9.59 Å². The maximum atomic E-state index is 10.8.